The van der Waals surface area contributed by atoms with E-state index < -0.39 is 0 Å². The normalized spacial score (nSPS) is 18.1. The van der Waals surface area contributed by atoms with Gasteiger partial charge in [0.2, 0.25) is 0 Å². The molecule has 5 heteroatoms. The lowest BCUT2D eigenvalue weighted by Gasteiger charge is -2.31. The van der Waals surface area contributed by atoms with E-state index in [9.17, 15) is 0 Å². The van der Waals surface area contributed by atoms with E-state index in [1.165, 1.54) is 19.3 Å². The highest BCUT2D eigenvalue weighted by atomic mass is 32.1. The molecule has 1 saturated carbocycles. The lowest BCUT2D eigenvalue weighted by Crippen LogP contribution is -2.25. The van der Waals surface area contributed by atoms with Crippen molar-refractivity contribution >= 4 is 17.2 Å². The molecule has 2 rings (SSSR count). The predicted molar refractivity (Wildman–Crippen MR) is 67.3 cm³/mol. The Kier molecular flexibility index (Phi) is 3.23. The van der Waals surface area contributed by atoms with Gasteiger partial charge in [-0.3, -0.25) is 0 Å². The largest absolute Gasteiger partial charge is 0.388 e. The lowest BCUT2D eigenvalue weighted by atomic mass is 9.80. The average molecular weight is 238 g/mol. The first-order valence-corrected chi connectivity index (χ1v) is 6.29. The van der Waals surface area contributed by atoms with E-state index >= 15 is 0 Å². The smallest absolute Gasteiger partial charge is 0.143 e. The van der Waals surface area contributed by atoms with E-state index in [0.29, 0.717) is 16.7 Å². The summed E-state index contributed by atoms with van der Waals surface area (Å²) in [7, 11) is 0. The van der Waals surface area contributed by atoms with Crippen LogP contribution >= 0.6 is 12.2 Å². The summed E-state index contributed by atoms with van der Waals surface area (Å²) >= 11 is 4.99. The first kappa shape index (κ1) is 11.5. The van der Waals surface area contributed by atoms with Gasteiger partial charge in [-0.25, -0.2) is 4.68 Å². The summed E-state index contributed by atoms with van der Waals surface area (Å²) in [4.78, 5) is 0.351. The maximum atomic E-state index is 5.64. The minimum atomic E-state index is 0.351. The molecule has 0 aliphatic heterocycles. The number of nitrogens with two attached hydrogens (primary N) is 1. The predicted octanol–water partition coefficient (Wildman–Crippen LogP) is 1.84. The second-order valence-corrected chi connectivity index (χ2v) is 4.92. The van der Waals surface area contributed by atoms with Gasteiger partial charge in [-0.1, -0.05) is 30.8 Å². The van der Waals surface area contributed by atoms with Crippen LogP contribution in [0.5, 0.6) is 0 Å². The second-order valence-electron chi connectivity index (χ2n) is 4.48. The number of aromatic nitrogens is 3. The summed E-state index contributed by atoms with van der Waals surface area (Å²) in [6, 6.07) is 0.416. The van der Waals surface area contributed by atoms with Gasteiger partial charge in [0.1, 0.15) is 10.7 Å². The Morgan fingerprint density at radius 1 is 1.62 bits per heavy atom. The van der Waals surface area contributed by atoms with E-state index in [4.69, 9.17) is 18.0 Å². The molecule has 1 aliphatic carbocycles. The summed E-state index contributed by atoms with van der Waals surface area (Å²) < 4.78 is 2.01. The topological polar surface area (TPSA) is 56.7 Å². The Morgan fingerprint density at radius 2 is 2.31 bits per heavy atom. The van der Waals surface area contributed by atoms with E-state index in [1.807, 2.05) is 4.68 Å². The van der Waals surface area contributed by atoms with Crippen LogP contribution in [-0.4, -0.2) is 20.0 Å². The van der Waals surface area contributed by atoms with Gasteiger partial charge in [0.05, 0.1) is 11.7 Å². The van der Waals surface area contributed by atoms with Crippen molar-refractivity contribution in [3.05, 3.63) is 11.4 Å². The van der Waals surface area contributed by atoms with Crippen molar-refractivity contribution in [1.82, 2.24) is 15.0 Å². The van der Waals surface area contributed by atoms with Crippen LogP contribution in [0.2, 0.25) is 0 Å². The Bertz CT molecular complexity index is 395. The van der Waals surface area contributed by atoms with Crippen molar-refractivity contribution in [2.75, 3.05) is 0 Å². The summed E-state index contributed by atoms with van der Waals surface area (Å²) in [6.07, 6.45) is 4.81. The van der Waals surface area contributed by atoms with Crippen LogP contribution in [-0.2, 0) is 6.42 Å². The number of hydrogen-bond acceptors (Lipinski definition) is 3. The minimum absolute atomic E-state index is 0.351. The molecule has 0 bridgehead atoms. The van der Waals surface area contributed by atoms with E-state index in [2.05, 4.69) is 24.2 Å². The fourth-order valence-electron chi connectivity index (χ4n) is 2.28. The van der Waals surface area contributed by atoms with Crippen molar-refractivity contribution in [3.8, 4) is 0 Å². The first-order valence-electron chi connectivity index (χ1n) is 5.89. The molecule has 0 spiro atoms. The molecule has 0 aromatic carbocycles. The fourth-order valence-corrected chi connectivity index (χ4v) is 2.44. The lowest BCUT2D eigenvalue weighted by molar-refractivity contribution is 0.205. The summed E-state index contributed by atoms with van der Waals surface area (Å²) in [5.74, 6) is 0.742. The summed E-state index contributed by atoms with van der Waals surface area (Å²) in [5.41, 5.74) is 7.42. The van der Waals surface area contributed by atoms with Gasteiger partial charge in [0, 0.05) is 0 Å². The van der Waals surface area contributed by atoms with Crippen molar-refractivity contribution < 1.29 is 0 Å². The molecular formula is C11H18N4S. The van der Waals surface area contributed by atoms with Crippen molar-refractivity contribution in [1.29, 1.82) is 0 Å². The van der Waals surface area contributed by atoms with E-state index in [1.54, 1.807) is 0 Å². The maximum Gasteiger partial charge on any atom is 0.143 e. The monoisotopic (exact) mass is 238 g/mol. The molecule has 1 aromatic heterocycles. The Labute approximate surface area is 101 Å². The minimum Gasteiger partial charge on any atom is -0.388 e. The Morgan fingerprint density at radius 3 is 2.75 bits per heavy atom. The van der Waals surface area contributed by atoms with Gasteiger partial charge in [0.25, 0.3) is 0 Å². The molecule has 0 saturated heterocycles. The second kappa shape index (κ2) is 4.49. The molecule has 4 nitrogen and oxygen atoms in total. The quantitative estimate of drug-likeness (QED) is 0.813. The van der Waals surface area contributed by atoms with Crippen LogP contribution in [0.25, 0.3) is 0 Å². The Balaban J connectivity index is 2.29. The summed E-state index contributed by atoms with van der Waals surface area (Å²) in [5, 5.41) is 8.31. The molecule has 1 fully saturated rings. The first-order chi connectivity index (χ1) is 7.65. The zero-order chi connectivity index (χ0) is 11.7. The van der Waals surface area contributed by atoms with Gasteiger partial charge >= 0.3 is 0 Å². The third-order valence-corrected chi connectivity index (χ3v) is 3.77. The highest BCUT2D eigenvalue weighted by Crippen LogP contribution is 2.36. The zero-order valence-electron chi connectivity index (χ0n) is 9.81. The van der Waals surface area contributed by atoms with E-state index in [0.717, 1.165) is 18.0 Å². The number of rotatable bonds is 4. The molecule has 2 N–H and O–H groups in total. The molecule has 1 aromatic rings. The van der Waals surface area contributed by atoms with Gasteiger partial charge < -0.3 is 5.73 Å². The SMILES string of the molecule is CCc1c(C(N)=S)nnn1C(C)C1CCC1. The van der Waals surface area contributed by atoms with Crippen LogP contribution in [0.1, 0.15) is 50.5 Å². The molecule has 16 heavy (non-hydrogen) atoms. The van der Waals surface area contributed by atoms with Crippen molar-refractivity contribution in [2.24, 2.45) is 11.7 Å². The standard InChI is InChI=1S/C11H18N4S/c1-3-9-10(11(12)16)13-14-15(9)7(2)8-5-4-6-8/h7-8H,3-6H2,1-2H3,(H2,12,16). The third-order valence-electron chi connectivity index (χ3n) is 3.58. The van der Waals surface area contributed by atoms with Gasteiger partial charge in [-0.15, -0.1) is 5.10 Å². The third kappa shape index (κ3) is 1.84. The number of hydrogen-bond donors (Lipinski definition) is 1. The molecule has 1 aliphatic rings. The highest BCUT2D eigenvalue weighted by molar-refractivity contribution is 7.80. The number of thiocarbonyl (C=S) groups is 1. The Hall–Kier alpha value is -0.970. The highest BCUT2D eigenvalue weighted by Gasteiger charge is 2.28. The molecular weight excluding hydrogens is 220 g/mol. The van der Waals surface area contributed by atoms with Crippen molar-refractivity contribution in [2.45, 2.75) is 45.6 Å². The van der Waals surface area contributed by atoms with E-state index in [-0.39, 0.29) is 0 Å². The molecule has 0 radical (unpaired) electrons. The molecule has 1 heterocycles. The molecule has 1 atom stereocenters. The van der Waals surface area contributed by atoms with Gasteiger partial charge in [-0.2, -0.15) is 0 Å². The van der Waals surface area contributed by atoms with Crippen LogP contribution in [0.4, 0.5) is 0 Å². The van der Waals surface area contributed by atoms with Gasteiger partial charge in [-0.05, 0) is 32.1 Å². The maximum absolute atomic E-state index is 5.64. The summed E-state index contributed by atoms with van der Waals surface area (Å²) in [6.45, 7) is 4.30. The molecule has 0 amide bonds. The van der Waals surface area contributed by atoms with Crippen LogP contribution in [0.3, 0.4) is 0 Å². The van der Waals surface area contributed by atoms with Crippen molar-refractivity contribution in [3.63, 3.8) is 0 Å². The molecule has 1 unspecified atom stereocenters. The van der Waals surface area contributed by atoms with Crippen LogP contribution in [0.15, 0.2) is 0 Å². The average Bonchev–Trinajstić information content (AvgIpc) is 2.57. The van der Waals surface area contributed by atoms with Gasteiger partial charge in [0.15, 0.2) is 0 Å². The van der Waals surface area contributed by atoms with Crippen LogP contribution in [0, 0.1) is 5.92 Å². The molecule has 88 valence electrons. The number of nitrogens with zero attached hydrogens (tertiary/aromatic N) is 3. The fraction of sp³-hybridized carbons (Fsp3) is 0.727. The van der Waals surface area contributed by atoms with Crippen LogP contribution < -0.4 is 5.73 Å². The zero-order valence-corrected chi connectivity index (χ0v) is 10.6.